The number of amides is 1. The zero-order valence-electron chi connectivity index (χ0n) is 17.4. The predicted molar refractivity (Wildman–Crippen MR) is 122 cm³/mol. The van der Waals surface area contributed by atoms with Crippen molar-refractivity contribution in [2.75, 3.05) is 45.7 Å². The van der Waals surface area contributed by atoms with Crippen molar-refractivity contribution in [2.24, 2.45) is 0 Å². The summed E-state index contributed by atoms with van der Waals surface area (Å²) in [6.45, 7) is 4.04. The molecule has 1 aliphatic rings. The second-order valence-electron chi connectivity index (χ2n) is 6.92. The highest BCUT2D eigenvalue weighted by Crippen LogP contribution is 2.26. The molecule has 0 aromatic heterocycles. The average Bonchev–Trinajstić information content (AvgIpc) is 2.78. The number of thioether (sulfide) groups is 1. The van der Waals surface area contributed by atoms with E-state index in [1.807, 2.05) is 19.2 Å². The molecule has 1 saturated heterocycles. The Kier molecular flexibility index (Phi) is 8.23. The van der Waals surface area contributed by atoms with Gasteiger partial charge < -0.3 is 14.4 Å². The number of benzene rings is 2. The Balaban J connectivity index is 1.67. The molecule has 1 amide bonds. The molecule has 0 radical (unpaired) electrons. The number of hydrogen-bond acceptors (Lipinski definition) is 6. The van der Waals surface area contributed by atoms with Crippen LogP contribution in [0.25, 0.3) is 0 Å². The second-order valence-corrected chi connectivity index (χ2v) is 9.95. The van der Waals surface area contributed by atoms with Crippen LogP contribution < -0.4 is 9.46 Å². The lowest BCUT2D eigenvalue weighted by Crippen LogP contribution is -2.41. The van der Waals surface area contributed by atoms with Gasteiger partial charge in [0.2, 0.25) is 10.0 Å². The van der Waals surface area contributed by atoms with E-state index in [1.54, 1.807) is 23.1 Å². The van der Waals surface area contributed by atoms with Crippen LogP contribution in [0.1, 0.15) is 15.9 Å². The van der Waals surface area contributed by atoms with Crippen LogP contribution in [0, 0.1) is 6.92 Å². The van der Waals surface area contributed by atoms with Crippen molar-refractivity contribution in [3.63, 3.8) is 0 Å². The maximum absolute atomic E-state index is 12.9. The molecule has 2 aromatic rings. The minimum atomic E-state index is -3.80. The minimum absolute atomic E-state index is 0.0419. The summed E-state index contributed by atoms with van der Waals surface area (Å²) >= 11 is 7.47. The lowest BCUT2D eigenvalue weighted by Gasteiger charge is -2.27. The monoisotopic (exact) mass is 484 g/mol. The molecule has 0 spiro atoms. The Morgan fingerprint density at radius 2 is 1.97 bits per heavy atom. The third-order valence-corrected chi connectivity index (χ3v) is 7.48. The maximum Gasteiger partial charge on any atom is 0.255 e. The highest BCUT2D eigenvalue weighted by atomic mass is 35.5. The zero-order chi connectivity index (χ0) is 22.4. The van der Waals surface area contributed by atoms with E-state index in [1.165, 1.54) is 23.9 Å². The third-order valence-electron chi connectivity index (χ3n) is 4.82. The molecular formula is C21H25ClN2O5S2. The first-order chi connectivity index (χ1) is 14.8. The van der Waals surface area contributed by atoms with E-state index in [0.29, 0.717) is 42.6 Å². The van der Waals surface area contributed by atoms with Gasteiger partial charge in [0.1, 0.15) is 12.4 Å². The van der Waals surface area contributed by atoms with Gasteiger partial charge in [-0.25, -0.2) is 13.1 Å². The molecule has 2 aromatic carbocycles. The van der Waals surface area contributed by atoms with Gasteiger partial charge >= 0.3 is 0 Å². The van der Waals surface area contributed by atoms with Crippen molar-refractivity contribution in [1.29, 1.82) is 0 Å². The van der Waals surface area contributed by atoms with Gasteiger partial charge in [-0.1, -0.05) is 17.7 Å². The van der Waals surface area contributed by atoms with Crippen molar-refractivity contribution >= 4 is 39.3 Å². The summed E-state index contributed by atoms with van der Waals surface area (Å²) in [5.41, 5.74) is 1.31. The standard InChI is InChI=1S/C21H25ClN2O5S2/c1-15-3-4-16(13-19(15)22)29-10-7-23-31(26,27)17-5-6-20(30-2)18(14-17)21(25)24-8-11-28-12-9-24/h3-6,13-14,23H,7-12H2,1-2H3. The Morgan fingerprint density at radius 1 is 1.23 bits per heavy atom. The van der Waals surface area contributed by atoms with Gasteiger partial charge in [0.25, 0.3) is 5.91 Å². The molecular weight excluding hydrogens is 460 g/mol. The molecule has 0 aliphatic carbocycles. The van der Waals surface area contributed by atoms with Crippen LogP contribution in [0.5, 0.6) is 5.75 Å². The van der Waals surface area contributed by atoms with Gasteiger partial charge in [0.15, 0.2) is 0 Å². The maximum atomic E-state index is 12.9. The molecule has 3 rings (SSSR count). The normalized spacial score (nSPS) is 14.5. The quantitative estimate of drug-likeness (QED) is 0.457. The second kappa shape index (κ2) is 10.7. The Morgan fingerprint density at radius 3 is 2.65 bits per heavy atom. The smallest absolute Gasteiger partial charge is 0.255 e. The number of aryl methyl sites for hydroxylation is 1. The van der Waals surface area contributed by atoms with Crippen LogP contribution in [0.15, 0.2) is 46.2 Å². The first-order valence-corrected chi connectivity index (χ1v) is 12.8. The highest BCUT2D eigenvalue weighted by Gasteiger charge is 2.24. The molecule has 0 bridgehead atoms. The number of nitrogens with one attached hydrogen (secondary N) is 1. The van der Waals surface area contributed by atoms with Crippen molar-refractivity contribution in [3.05, 3.63) is 52.5 Å². The topological polar surface area (TPSA) is 84.9 Å². The van der Waals surface area contributed by atoms with Gasteiger partial charge in [0.05, 0.1) is 23.7 Å². The number of carbonyl (C=O) groups is 1. The zero-order valence-corrected chi connectivity index (χ0v) is 19.8. The number of sulfonamides is 1. The molecule has 1 fully saturated rings. The predicted octanol–water partition coefficient (Wildman–Crippen LogP) is 3.20. The van der Waals surface area contributed by atoms with Crippen molar-refractivity contribution in [2.45, 2.75) is 16.7 Å². The first kappa shape index (κ1) is 23.9. The Hall–Kier alpha value is -1.78. The van der Waals surface area contributed by atoms with Crippen molar-refractivity contribution in [1.82, 2.24) is 9.62 Å². The highest BCUT2D eigenvalue weighted by molar-refractivity contribution is 7.98. The molecule has 168 valence electrons. The van der Waals surface area contributed by atoms with Crippen LogP contribution in [-0.4, -0.2) is 64.9 Å². The van der Waals surface area contributed by atoms with Crippen LogP contribution in [0.3, 0.4) is 0 Å². The summed E-state index contributed by atoms with van der Waals surface area (Å²) in [6, 6.07) is 9.91. The molecule has 0 unspecified atom stereocenters. The van der Waals surface area contributed by atoms with E-state index < -0.39 is 10.0 Å². The Bertz CT molecular complexity index is 1040. The lowest BCUT2D eigenvalue weighted by atomic mass is 10.2. The summed E-state index contributed by atoms with van der Waals surface area (Å²) in [5, 5.41) is 0.587. The summed E-state index contributed by atoms with van der Waals surface area (Å²) in [7, 11) is -3.80. The van der Waals surface area contributed by atoms with Crippen LogP contribution >= 0.6 is 23.4 Å². The largest absolute Gasteiger partial charge is 0.492 e. The fraction of sp³-hybridized carbons (Fsp3) is 0.381. The first-order valence-electron chi connectivity index (χ1n) is 9.75. The fourth-order valence-corrected chi connectivity index (χ4v) is 4.83. The molecule has 1 heterocycles. The minimum Gasteiger partial charge on any atom is -0.492 e. The van der Waals surface area contributed by atoms with Gasteiger partial charge in [-0.15, -0.1) is 11.8 Å². The number of rotatable bonds is 8. The van der Waals surface area contributed by atoms with Crippen LogP contribution in [-0.2, 0) is 14.8 Å². The number of nitrogens with zero attached hydrogens (tertiary/aromatic N) is 1. The van der Waals surface area contributed by atoms with E-state index in [4.69, 9.17) is 21.1 Å². The van der Waals surface area contributed by atoms with E-state index >= 15 is 0 Å². The lowest BCUT2D eigenvalue weighted by molar-refractivity contribution is 0.0300. The molecule has 10 heteroatoms. The number of carbonyl (C=O) groups excluding carboxylic acids is 1. The van der Waals surface area contributed by atoms with Crippen molar-refractivity contribution in [3.8, 4) is 5.75 Å². The van der Waals surface area contributed by atoms with E-state index in [9.17, 15) is 13.2 Å². The number of halogens is 1. The van der Waals surface area contributed by atoms with E-state index in [0.717, 1.165) is 10.5 Å². The van der Waals surface area contributed by atoms with Crippen molar-refractivity contribution < 1.29 is 22.7 Å². The summed E-state index contributed by atoms with van der Waals surface area (Å²) in [5.74, 6) is 0.377. The molecule has 7 nitrogen and oxygen atoms in total. The summed E-state index contributed by atoms with van der Waals surface area (Å²) in [4.78, 5) is 15.4. The molecule has 1 N–H and O–H groups in total. The molecule has 31 heavy (non-hydrogen) atoms. The van der Waals surface area contributed by atoms with Gasteiger partial charge in [-0.2, -0.15) is 0 Å². The van der Waals surface area contributed by atoms with Crippen LogP contribution in [0.4, 0.5) is 0 Å². The van der Waals surface area contributed by atoms with E-state index in [2.05, 4.69) is 4.72 Å². The molecule has 0 atom stereocenters. The van der Waals surface area contributed by atoms with Gasteiger partial charge in [0, 0.05) is 29.6 Å². The Labute approximate surface area is 192 Å². The number of ether oxygens (including phenoxy) is 2. The average molecular weight is 485 g/mol. The van der Waals surface area contributed by atoms with Gasteiger partial charge in [-0.05, 0) is 49.1 Å². The fourth-order valence-electron chi connectivity index (χ4n) is 3.05. The molecule has 1 aliphatic heterocycles. The summed E-state index contributed by atoms with van der Waals surface area (Å²) in [6.07, 6.45) is 1.85. The number of hydrogen-bond donors (Lipinski definition) is 1. The number of morpholine rings is 1. The van der Waals surface area contributed by atoms with Gasteiger partial charge in [-0.3, -0.25) is 4.79 Å². The van der Waals surface area contributed by atoms with Crippen LogP contribution in [0.2, 0.25) is 5.02 Å². The van der Waals surface area contributed by atoms with E-state index in [-0.39, 0.29) is 24.0 Å². The molecule has 0 saturated carbocycles. The summed E-state index contributed by atoms with van der Waals surface area (Å²) < 4.78 is 38.9. The third kappa shape index (κ3) is 6.14. The SMILES string of the molecule is CSc1ccc(S(=O)(=O)NCCOc2ccc(C)c(Cl)c2)cc1C(=O)N1CCOCC1.